The molecule has 2 rings (SSSR count). The van der Waals surface area contributed by atoms with Crippen molar-refractivity contribution < 1.29 is 18.7 Å². The fourth-order valence-electron chi connectivity index (χ4n) is 1.88. The van der Waals surface area contributed by atoms with Gasteiger partial charge < -0.3 is 20.7 Å². The van der Waals surface area contributed by atoms with E-state index in [4.69, 9.17) is 4.74 Å². The van der Waals surface area contributed by atoms with E-state index in [1.165, 1.54) is 31.2 Å². The standard InChI is InChI=1S/C17H18FN3O3/c1-12(22)20-14-4-6-15(7-5-14)21-17(23)19-10-11-24-16-8-2-13(18)3-9-16/h2-9H,10-11H2,1H3,(H,20,22)(H2,19,21,23). The van der Waals surface area contributed by atoms with Gasteiger partial charge in [-0.2, -0.15) is 0 Å². The van der Waals surface area contributed by atoms with Crippen LogP contribution >= 0.6 is 0 Å². The van der Waals surface area contributed by atoms with Crippen molar-refractivity contribution in [2.45, 2.75) is 6.92 Å². The molecule has 3 amide bonds. The van der Waals surface area contributed by atoms with Gasteiger partial charge in [-0.05, 0) is 48.5 Å². The first-order valence-electron chi connectivity index (χ1n) is 7.34. The van der Waals surface area contributed by atoms with Gasteiger partial charge in [0, 0.05) is 18.3 Å². The van der Waals surface area contributed by atoms with Crippen molar-refractivity contribution in [3.63, 3.8) is 0 Å². The predicted molar refractivity (Wildman–Crippen MR) is 89.7 cm³/mol. The molecule has 0 atom stereocenters. The van der Waals surface area contributed by atoms with E-state index in [9.17, 15) is 14.0 Å². The maximum atomic E-state index is 12.7. The van der Waals surface area contributed by atoms with Gasteiger partial charge in [-0.1, -0.05) is 0 Å². The van der Waals surface area contributed by atoms with E-state index >= 15 is 0 Å². The molecule has 0 saturated carbocycles. The molecule has 2 aromatic carbocycles. The second-order valence-corrected chi connectivity index (χ2v) is 4.94. The normalized spacial score (nSPS) is 9.92. The highest BCUT2D eigenvalue weighted by atomic mass is 19.1. The Kier molecular flexibility index (Phi) is 6.13. The van der Waals surface area contributed by atoms with Gasteiger partial charge in [0.15, 0.2) is 0 Å². The molecule has 0 radical (unpaired) electrons. The number of carbonyl (C=O) groups excluding carboxylic acids is 2. The summed E-state index contributed by atoms with van der Waals surface area (Å²) in [6, 6.07) is 12.0. The third-order valence-corrected chi connectivity index (χ3v) is 2.93. The van der Waals surface area contributed by atoms with Gasteiger partial charge in [-0.15, -0.1) is 0 Å². The Labute approximate surface area is 139 Å². The Morgan fingerprint density at radius 3 is 2.12 bits per heavy atom. The second kappa shape index (κ2) is 8.52. The predicted octanol–water partition coefficient (Wildman–Crippen LogP) is 2.98. The molecule has 0 aromatic heterocycles. The molecule has 0 aliphatic heterocycles. The van der Waals surface area contributed by atoms with Gasteiger partial charge in [0.25, 0.3) is 0 Å². The Bertz CT molecular complexity index is 687. The average Bonchev–Trinajstić information content (AvgIpc) is 2.55. The third kappa shape index (κ3) is 5.96. The fourth-order valence-corrected chi connectivity index (χ4v) is 1.88. The van der Waals surface area contributed by atoms with Crippen molar-refractivity contribution in [3.8, 4) is 5.75 Å². The molecule has 2 aromatic rings. The molecule has 0 spiro atoms. The van der Waals surface area contributed by atoms with Crippen LogP contribution in [0.5, 0.6) is 5.75 Å². The Morgan fingerprint density at radius 2 is 1.54 bits per heavy atom. The lowest BCUT2D eigenvalue weighted by atomic mass is 10.3. The minimum atomic E-state index is -0.370. The summed E-state index contributed by atoms with van der Waals surface area (Å²) in [6.07, 6.45) is 0. The molecule has 0 aliphatic rings. The maximum absolute atomic E-state index is 12.7. The summed E-state index contributed by atoms with van der Waals surface area (Å²) >= 11 is 0. The number of benzene rings is 2. The van der Waals surface area contributed by atoms with E-state index in [1.807, 2.05) is 0 Å². The number of rotatable bonds is 6. The SMILES string of the molecule is CC(=O)Nc1ccc(NC(=O)NCCOc2ccc(F)cc2)cc1. The zero-order chi connectivity index (χ0) is 17.4. The second-order valence-electron chi connectivity index (χ2n) is 4.94. The number of hydrogen-bond acceptors (Lipinski definition) is 3. The summed E-state index contributed by atoms with van der Waals surface area (Å²) in [5.41, 5.74) is 1.25. The van der Waals surface area contributed by atoms with E-state index in [-0.39, 0.29) is 24.4 Å². The van der Waals surface area contributed by atoms with Crippen molar-refractivity contribution in [2.75, 3.05) is 23.8 Å². The first-order chi connectivity index (χ1) is 11.5. The molecule has 0 fully saturated rings. The number of amides is 3. The molecule has 6 nitrogen and oxygen atoms in total. The summed E-state index contributed by atoms with van der Waals surface area (Å²) in [6.45, 7) is 1.99. The van der Waals surface area contributed by atoms with Crippen LogP contribution in [0.25, 0.3) is 0 Å². The van der Waals surface area contributed by atoms with E-state index in [2.05, 4.69) is 16.0 Å². The molecule has 0 bridgehead atoms. The molecular weight excluding hydrogens is 313 g/mol. The lowest BCUT2D eigenvalue weighted by Crippen LogP contribution is -2.32. The first-order valence-corrected chi connectivity index (χ1v) is 7.34. The van der Waals surface area contributed by atoms with Crippen molar-refractivity contribution in [3.05, 3.63) is 54.3 Å². The van der Waals surface area contributed by atoms with Crippen LogP contribution in [0.4, 0.5) is 20.6 Å². The largest absolute Gasteiger partial charge is 0.492 e. The van der Waals surface area contributed by atoms with E-state index in [0.717, 1.165) is 0 Å². The monoisotopic (exact) mass is 331 g/mol. The Balaban J connectivity index is 1.69. The summed E-state index contributed by atoms with van der Waals surface area (Å²) in [7, 11) is 0. The van der Waals surface area contributed by atoms with Gasteiger partial charge in [0.2, 0.25) is 5.91 Å². The van der Waals surface area contributed by atoms with Crippen molar-refractivity contribution in [1.82, 2.24) is 5.32 Å². The third-order valence-electron chi connectivity index (χ3n) is 2.93. The summed E-state index contributed by atoms with van der Waals surface area (Å²) in [5.74, 6) is 0.0474. The van der Waals surface area contributed by atoms with E-state index in [0.29, 0.717) is 23.7 Å². The van der Waals surface area contributed by atoms with Crippen LogP contribution in [0.3, 0.4) is 0 Å². The van der Waals surface area contributed by atoms with Gasteiger partial charge in [0.05, 0.1) is 6.54 Å². The van der Waals surface area contributed by atoms with Crippen LogP contribution in [0.15, 0.2) is 48.5 Å². The van der Waals surface area contributed by atoms with Crippen LogP contribution in [0, 0.1) is 5.82 Å². The Hall–Kier alpha value is -3.09. The molecule has 0 heterocycles. The lowest BCUT2D eigenvalue weighted by Gasteiger charge is -2.09. The molecule has 0 saturated heterocycles. The van der Waals surface area contributed by atoms with Gasteiger partial charge >= 0.3 is 6.03 Å². The fraction of sp³-hybridized carbons (Fsp3) is 0.176. The van der Waals surface area contributed by atoms with Gasteiger partial charge in [-0.25, -0.2) is 9.18 Å². The lowest BCUT2D eigenvalue weighted by molar-refractivity contribution is -0.114. The molecule has 126 valence electrons. The highest BCUT2D eigenvalue weighted by Crippen LogP contribution is 2.13. The van der Waals surface area contributed by atoms with Crippen LogP contribution in [-0.4, -0.2) is 25.1 Å². The quantitative estimate of drug-likeness (QED) is 0.712. The Morgan fingerprint density at radius 1 is 0.958 bits per heavy atom. The van der Waals surface area contributed by atoms with Crippen molar-refractivity contribution >= 4 is 23.3 Å². The topological polar surface area (TPSA) is 79.5 Å². The van der Waals surface area contributed by atoms with E-state index in [1.54, 1.807) is 24.3 Å². The average molecular weight is 331 g/mol. The molecule has 3 N–H and O–H groups in total. The van der Waals surface area contributed by atoms with Crippen LogP contribution < -0.4 is 20.7 Å². The summed E-state index contributed by atoms with van der Waals surface area (Å²) < 4.78 is 18.1. The van der Waals surface area contributed by atoms with Crippen LogP contribution in [0.2, 0.25) is 0 Å². The molecule has 7 heteroatoms. The maximum Gasteiger partial charge on any atom is 0.319 e. The van der Waals surface area contributed by atoms with Crippen LogP contribution in [0.1, 0.15) is 6.92 Å². The minimum Gasteiger partial charge on any atom is -0.492 e. The zero-order valence-electron chi connectivity index (χ0n) is 13.1. The number of hydrogen-bond donors (Lipinski definition) is 3. The minimum absolute atomic E-state index is 0.158. The van der Waals surface area contributed by atoms with Gasteiger partial charge in [-0.3, -0.25) is 4.79 Å². The van der Waals surface area contributed by atoms with Crippen LogP contribution in [-0.2, 0) is 4.79 Å². The number of halogens is 1. The molecule has 24 heavy (non-hydrogen) atoms. The first kappa shape index (κ1) is 17.3. The summed E-state index contributed by atoms with van der Waals surface area (Å²) in [4.78, 5) is 22.7. The number of carbonyl (C=O) groups is 2. The van der Waals surface area contributed by atoms with Crippen molar-refractivity contribution in [2.24, 2.45) is 0 Å². The van der Waals surface area contributed by atoms with Gasteiger partial charge in [0.1, 0.15) is 18.2 Å². The highest BCUT2D eigenvalue weighted by molar-refractivity contribution is 5.91. The zero-order valence-corrected chi connectivity index (χ0v) is 13.1. The molecular formula is C17H18FN3O3. The number of ether oxygens (including phenoxy) is 1. The molecule has 0 unspecified atom stereocenters. The van der Waals surface area contributed by atoms with E-state index < -0.39 is 0 Å². The number of nitrogens with one attached hydrogen (secondary N) is 3. The van der Waals surface area contributed by atoms with Crippen molar-refractivity contribution in [1.29, 1.82) is 0 Å². The molecule has 0 aliphatic carbocycles. The summed E-state index contributed by atoms with van der Waals surface area (Å²) in [5, 5.41) is 7.94. The highest BCUT2D eigenvalue weighted by Gasteiger charge is 2.02. The number of urea groups is 1. The number of anilines is 2. The smallest absolute Gasteiger partial charge is 0.319 e.